The number of nitriles is 1. The van der Waals surface area contributed by atoms with Gasteiger partial charge in [0.05, 0.1) is 30.2 Å². The van der Waals surface area contributed by atoms with E-state index < -0.39 is 0 Å². The maximum absolute atomic E-state index is 12.6. The number of thioether (sulfide) groups is 1. The second kappa shape index (κ2) is 11.7. The van der Waals surface area contributed by atoms with Gasteiger partial charge in [0, 0.05) is 38.0 Å². The molecule has 2 atom stereocenters. The first-order valence-electron chi connectivity index (χ1n) is 8.65. The highest BCUT2D eigenvalue weighted by Gasteiger charge is 2.35. The zero-order valence-electron chi connectivity index (χ0n) is 15.0. The van der Waals surface area contributed by atoms with Crippen LogP contribution < -0.4 is 5.32 Å². The molecule has 0 aliphatic carbocycles. The Morgan fingerprint density at radius 1 is 1.37 bits per heavy atom. The SMILES string of the molecule is Cl.Cl.N#Cc1ccc(CN(CCO)[C@@H]2CN[C@H](C(=O)N3CCSC3)C2)cc1. The number of hydrogen-bond acceptors (Lipinski definition) is 6. The van der Waals surface area contributed by atoms with Crippen LogP contribution in [0.2, 0.25) is 0 Å². The van der Waals surface area contributed by atoms with E-state index in [1.165, 1.54) is 0 Å². The number of rotatable bonds is 6. The third kappa shape index (κ3) is 6.24. The summed E-state index contributed by atoms with van der Waals surface area (Å²) in [5.41, 5.74) is 1.76. The summed E-state index contributed by atoms with van der Waals surface area (Å²) in [6, 6.07) is 9.77. The van der Waals surface area contributed by atoms with Crippen molar-refractivity contribution < 1.29 is 9.90 Å². The van der Waals surface area contributed by atoms with Gasteiger partial charge in [0.2, 0.25) is 5.91 Å². The lowest BCUT2D eigenvalue weighted by Crippen LogP contribution is -2.42. The topological polar surface area (TPSA) is 79.6 Å². The van der Waals surface area contributed by atoms with Gasteiger partial charge in [-0.25, -0.2) is 0 Å². The second-order valence-corrected chi connectivity index (χ2v) is 7.57. The highest BCUT2D eigenvalue weighted by atomic mass is 35.5. The van der Waals surface area contributed by atoms with Gasteiger partial charge in [-0.2, -0.15) is 5.26 Å². The van der Waals surface area contributed by atoms with Crippen LogP contribution in [-0.4, -0.2) is 70.8 Å². The van der Waals surface area contributed by atoms with E-state index in [4.69, 9.17) is 5.26 Å². The van der Waals surface area contributed by atoms with Crippen LogP contribution in [0.15, 0.2) is 24.3 Å². The Kier molecular flexibility index (Phi) is 10.5. The highest BCUT2D eigenvalue weighted by Crippen LogP contribution is 2.21. The Bertz CT molecular complexity index is 635. The summed E-state index contributed by atoms with van der Waals surface area (Å²) >= 11 is 1.80. The maximum atomic E-state index is 12.6. The lowest BCUT2D eigenvalue weighted by Gasteiger charge is -2.28. The summed E-state index contributed by atoms with van der Waals surface area (Å²) in [5, 5.41) is 21.7. The van der Waals surface area contributed by atoms with Gasteiger partial charge in [-0.1, -0.05) is 12.1 Å². The molecule has 2 aliphatic rings. The van der Waals surface area contributed by atoms with Crippen molar-refractivity contribution in [2.24, 2.45) is 0 Å². The van der Waals surface area contributed by atoms with Crippen molar-refractivity contribution in [3.05, 3.63) is 35.4 Å². The zero-order chi connectivity index (χ0) is 17.6. The normalized spacial score (nSPS) is 21.4. The molecule has 0 radical (unpaired) electrons. The summed E-state index contributed by atoms with van der Waals surface area (Å²) in [7, 11) is 0. The van der Waals surface area contributed by atoms with Gasteiger partial charge in [-0.15, -0.1) is 36.6 Å². The number of carbonyl (C=O) groups is 1. The fourth-order valence-corrected chi connectivity index (χ4v) is 4.39. The van der Waals surface area contributed by atoms with Gasteiger partial charge >= 0.3 is 0 Å². The molecule has 0 saturated carbocycles. The number of aliphatic hydroxyl groups is 1. The van der Waals surface area contributed by atoms with E-state index in [1.807, 2.05) is 29.2 Å². The zero-order valence-corrected chi connectivity index (χ0v) is 17.5. The molecule has 2 N–H and O–H groups in total. The minimum absolute atomic E-state index is 0. The monoisotopic (exact) mass is 432 g/mol. The minimum Gasteiger partial charge on any atom is -0.395 e. The molecule has 6 nitrogen and oxygen atoms in total. The average molecular weight is 433 g/mol. The first kappa shape index (κ1) is 24.0. The number of hydrogen-bond donors (Lipinski definition) is 2. The molecule has 150 valence electrons. The van der Waals surface area contributed by atoms with Crippen molar-refractivity contribution in [1.82, 2.24) is 15.1 Å². The van der Waals surface area contributed by atoms with Crippen molar-refractivity contribution in [1.29, 1.82) is 5.26 Å². The molecule has 2 heterocycles. The molecule has 3 rings (SSSR count). The van der Waals surface area contributed by atoms with Crippen LogP contribution in [0.25, 0.3) is 0 Å². The van der Waals surface area contributed by atoms with Gasteiger partial charge in [0.15, 0.2) is 0 Å². The number of amides is 1. The van der Waals surface area contributed by atoms with Crippen molar-refractivity contribution in [3.63, 3.8) is 0 Å². The summed E-state index contributed by atoms with van der Waals surface area (Å²) in [5.74, 6) is 2.03. The van der Waals surface area contributed by atoms with E-state index in [-0.39, 0.29) is 49.4 Å². The quantitative estimate of drug-likeness (QED) is 0.707. The Balaban J connectivity index is 0.00000182. The van der Waals surface area contributed by atoms with E-state index in [1.54, 1.807) is 11.8 Å². The summed E-state index contributed by atoms with van der Waals surface area (Å²) in [4.78, 5) is 16.7. The Hall–Kier alpha value is -1.01. The smallest absolute Gasteiger partial charge is 0.240 e. The number of nitrogens with zero attached hydrogens (tertiary/aromatic N) is 3. The molecule has 9 heteroatoms. The predicted octanol–water partition coefficient (Wildman–Crippen LogP) is 1.46. The largest absolute Gasteiger partial charge is 0.395 e. The molecule has 1 aromatic carbocycles. The Morgan fingerprint density at radius 2 is 2.11 bits per heavy atom. The third-order valence-corrected chi connectivity index (χ3v) is 5.81. The Morgan fingerprint density at radius 3 is 2.70 bits per heavy atom. The van der Waals surface area contributed by atoms with E-state index in [0.717, 1.165) is 36.7 Å². The van der Waals surface area contributed by atoms with Crippen LogP contribution in [0.3, 0.4) is 0 Å². The summed E-state index contributed by atoms with van der Waals surface area (Å²) in [6.07, 6.45) is 0.774. The molecule has 0 unspecified atom stereocenters. The average Bonchev–Trinajstić information content (AvgIpc) is 3.33. The lowest BCUT2D eigenvalue weighted by molar-refractivity contribution is -0.131. The first-order chi connectivity index (χ1) is 12.2. The van der Waals surface area contributed by atoms with Gasteiger partial charge in [0.1, 0.15) is 0 Å². The van der Waals surface area contributed by atoms with E-state index in [0.29, 0.717) is 18.7 Å². The van der Waals surface area contributed by atoms with E-state index >= 15 is 0 Å². The van der Waals surface area contributed by atoms with E-state index in [2.05, 4.69) is 16.3 Å². The molecule has 2 aliphatic heterocycles. The minimum atomic E-state index is -0.120. The maximum Gasteiger partial charge on any atom is 0.240 e. The first-order valence-corrected chi connectivity index (χ1v) is 9.80. The third-order valence-electron chi connectivity index (χ3n) is 4.84. The van der Waals surface area contributed by atoms with Crippen molar-refractivity contribution in [2.45, 2.75) is 25.0 Å². The van der Waals surface area contributed by atoms with Gasteiger partial charge in [-0.05, 0) is 24.1 Å². The Labute approximate surface area is 177 Å². The van der Waals surface area contributed by atoms with Crippen LogP contribution in [0.4, 0.5) is 0 Å². The molecule has 27 heavy (non-hydrogen) atoms. The molecule has 1 amide bonds. The number of halogens is 2. The van der Waals surface area contributed by atoms with Crippen LogP contribution in [-0.2, 0) is 11.3 Å². The molecule has 0 aromatic heterocycles. The highest BCUT2D eigenvalue weighted by molar-refractivity contribution is 7.99. The predicted molar refractivity (Wildman–Crippen MR) is 112 cm³/mol. The molecular weight excluding hydrogens is 407 g/mol. The summed E-state index contributed by atoms with van der Waals surface area (Å²) < 4.78 is 0. The van der Waals surface area contributed by atoms with Crippen LogP contribution in [0, 0.1) is 11.3 Å². The number of aliphatic hydroxyl groups excluding tert-OH is 1. The number of benzene rings is 1. The van der Waals surface area contributed by atoms with Crippen LogP contribution in [0.1, 0.15) is 17.5 Å². The van der Waals surface area contributed by atoms with E-state index in [9.17, 15) is 9.90 Å². The molecule has 0 spiro atoms. The van der Waals surface area contributed by atoms with Crippen LogP contribution in [0.5, 0.6) is 0 Å². The van der Waals surface area contributed by atoms with Gasteiger partial charge in [-0.3, -0.25) is 9.69 Å². The molecule has 2 fully saturated rings. The lowest BCUT2D eigenvalue weighted by atomic mass is 10.1. The fourth-order valence-electron chi connectivity index (χ4n) is 3.43. The molecule has 2 saturated heterocycles. The van der Waals surface area contributed by atoms with Crippen molar-refractivity contribution in [2.75, 3.05) is 37.9 Å². The summed E-state index contributed by atoms with van der Waals surface area (Å²) in [6.45, 7) is 2.98. The van der Waals surface area contributed by atoms with Gasteiger partial charge in [0.25, 0.3) is 0 Å². The standard InChI is InChI=1S/C18H24N4O2S.2ClH/c19-10-14-1-3-15(4-2-14)12-21(5-7-23)16-9-17(20-11-16)18(24)22-6-8-25-13-22;;/h1-4,16-17,20,23H,5-9,11-13H2;2*1H/t16-,17-;;/m0../s1. The molecule has 1 aromatic rings. The van der Waals surface area contributed by atoms with Crippen molar-refractivity contribution >= 4 is 42.5 Å². The molecular formula is C18H26Cl2N4O2S. The van der Waals surface area contributed by atoms with Gasteiger partial charge < -0.3 is 15.3 Å². The fraction of sp³-hybridized carbons (Fsp3) is 0.556. The molecule has 0 bridgehead atoms. The van der Waals surface area contributed by atoms with Crippen molar-refractivity contribution in [3.8, 4) is 6.07 Å². The van der Waals surface area contributed by atoms with Crippen LogP contribution >= 0.6 is 36.6 Å². The number of carbonyl (C=O) groups excluding carboxylic acids is 1. The number of nitrogens with one attached hydrogen (secondary N) is 1. The second-order valence-electron chi connectivity index (χ2n) is 6.49.